The van der Waals surface area contributed by atoms with Crippen LogP contribution in [-0.4, -0.2) is 27.6 Å². The van der Waals surface area contributed by atoms with Gasteiger partial charge in [0.2, 0.25) is 5.91 Å². The average molecular weight is 331 g/mol. The maximum absolute atomic E-state index is 13.1. The Bertz CT molecular complexity index is 709. The number of hydrazine groups is 1. The highest BCUT2D eigenvalue weighted by molar-refractivity contribution is 7.99. The van der Waals surface area contributed by atoms with Gasteiger partial charge in [-0.05, 0) is 29.8 Å². The van der Waals surface area contributed by atoms with E-state index >= 15 is 0 Å². The summed E-state index contributed by atoms with van der Waals surface area (Å²) in [5.74, 6) is -0.230. The largest absolute Gasteiger partial charge is 0.273 e. The Labute approximate surface area is 136 Å². The molecule has 2 heterocycles. The minimum atomic E-state index is -0.379. The Morgan fingerprint density at radius 2 is 1.91 bits per heavy atom. The molecule has 1 aromatic carbocycles. The summed E-state index contributed by atoms with van der Waals surface area (Å²) in [6.07, 6.45) is 3.37. The van der Waals surface area contributed by atoms with Crippen LogP contribution in [0.15, 0.2) is 48.8 Å². The number of carbonyl (C=O) groups excluding carboxylic acids is 2. The van der Waals surface area contributed by atoms with Gasteiger partial charge in [-0.1, -0.05) is 12.1 Å². The van der Waals surface area contributed by atoms with Gasteiger partial charge in [-0.25, -0.2) is 9.40 Å². The summed E-state index contributed by atoms with van der Waals surface area (Å²) in [5, 5.41) is 0.951. The van der Waals surface area contributed by atoms with Crippen LogP contribution in [0.4, 0.5) is 4.39 Å². The summed E-state index contributed by atoms with van der Waals surface area (Å²) in [7, 11) is 0. The van der Waals surface area contributed by atoms with Crippen LogP contribution < -0.4 is 5.43 Å². The second-order valence-corrected chi connectivity index (χ2v) is 6.15. The van der Waals surface area contributed by atoms with Gasteiger partial charge in [0.25, 0.3) is 5.91 Å². The number of nitrogens with one attached hydrogen (secondary N) is 1. The smallest absolute Gasteiger partial charge is 0.270 e. The van der Waals surface area contributed by atoms with Crippen LogP contribution in [-0.2, 0) is 4.79 Å². The van der Waals surface area contributed by atoms with Crippen LogP contribution in [0.2, 0.25) is 0 Å². The topological polar surface area (TPSA) is 62.3 Å². The van der Waals surface area contributed by atoms with E-state index in [1.807, 2.05) is 0 Å². The summed E-state index contributed by atoms with van der Waals surface area (Å²) < 4.78 is 13.1. The van der Waals surface area contributed by atoms with Crippen LogP contribution in [0.5, 0.6) is 0 Å². The molecule has 1 saturated heterocycles. The van der Waals surface area contributed by atoms with Crippen molar-refractivity contribution in [1.29, 1.82) is 0 Å². The van der Waals surface area contributed by atoms with Crippen LogP contribution in [0.3, 0.4) is 0 Å². The standard InChI is InChI=1S/C16H14FN3O2S/c17-13-3-1-12(2-4-13)16-20(14(21)7-10-23-16)19-15(22)11-5-8-18-9-6-11/h1-6,8-9,16H,7,10H2,(H,19,22). The monoisotopic (exact) mass is 331 g/mol. The molecule has 0 bridgehead atoms. The molecular formula is C16H14FN3O2S. The number of nitrogens with zero attached hydrogens (tertiary/aromatic N) is 2. The number of benzene rings is 1. The fraction of sp³-hybridized carbons (Fsp3) is 0.188. The molecule has 7 heteroatoms. The van der Waals surface area contributed by atoms with E-state index in [0.29, 0.717) is 17.7 Å². The lowest BCUT2D eigenvalue weighted by molar-refractivity contribution is -0.134. The van der Waals surface area contributed by atoms with Gasteiger partial charge in [0.1, 0.15) is 11.2 Å². The lowest BCUT2D eigenvalue weighted by Crippen LogP contribution is -2.49. The molecule has 1 fully saturated rings. The Morgan fingerprint density at radius 3 is 2.61 bits per heavy atom. The first-order valence-corrected chi connectivity index (χ1v) is 8.10. The van der Waals surface area contributed by atoms with E-state index in [2.05, 4.69) is 10.4 Å². The van der Waals surface area contributed by atoms with Crippen molar-refractivity contribution in [1.82, 2.24) is 15.4 Å². The predicted molar refractivity (Wildman–Crippen MR) is 84.8 cm³/mol. The van der Waals surface area contributed by atoms with E-state index in [1.54, 1.807) is 24.3 Å². The number of amides is 2. The first-order chi connectivity index (χ1) is 11.1. The van der Waals surface area contributed by atoms with Crippen molar-refractivity contribution < 1.29 is 14.0 Å². The van der Waals surface area contributed by atoms with E-state index in [9.17, 15) is 14.0 Å². The maximum atomic E-state index is 13.1. The minimum Gasteiger partial charge on any atom is -0.273 e. The first-order valence-electron chi connectivity index (χ1n) is 7.05. The lowest BCUT2D eigenvalue weighted by atomic mass is 10.2. The zero-order valence-electron chi connectivity index (χ0n) is 12.1. The molecule has 2 amide bonds. The minimum absolute atomic E-state index is 0.166. The molecule has 1 atom stereocenters. The van der Waals surface area contributed by atoms with Gasteiger partial charge in [-0.15, -0.1) is 11.8 Å². The van der Waals surface area contributed by atoms with Crippen molar-refractivity contribution >= 4 is 23.6 Å². The van der Waals surface area contributed by atoms with Crippen molar-refractivity contribution in [2.45, 2.75) is 11.8 Å². The fourth-order valence-electron chi connectivity index (χ4n) is 2.25. The van der Waals surface area contributed by atoms with Gasteiger partial charge in [0, 0.05) is 30.1 Å². The van der Waals surface area contributed by atoms with Gasteiger partial charge in [-0.2, -0.15) is 0 Å². The summed E-state index contributed by atoms with van der Waals surface area (Å²) >= 11 is 1.53. The maximum Gasteiger partial charge on any atom is 0.270 e. The number of halogens is 1. The van der Waals surface area contributed by atoms with E-state index in [4.69, 9.17) is 0 Å². The van der Waals surface area contributed by atoms with E-state index < -0.39 is 0 Å². The van der Waals surface area contributed by atoms with E-state index in [-0.39, 0.29) is 23.0 Å². The van der Waals surface area contributed by atoms with Crippen LogP contribution >= 0.6 is 11.8 Å². The SMILES string of the molecule is O=C(NN1C(=O)CCSC1c1ccc(F)cc1)c1ccncc1. The average Bonchev–Trinajstić information content (AvgIpc) is 2.58. The highest BCUT2D eigenvalue weighted by atomic mass is 32.2. The Morgan fingerprint density at radius 1 is 1.22 bits per heavy atom. The Kier molecular flexibility index (Phi) is 4.57. The molecule has 23 heavy (non-hydrogen) atoms. The molecule has 1 aliphatic heterocycles. The van der Waals surface area contributed by atoms with Crippen LogP contribution in [0.1, 0.15) is 27.7 Å². The molecule has 118 valence electrons. The molecule has 1 unspecified atom stereocenters. The van der Waals surface area contributed by atoms with Gasteiger partial charge in [-0.3, -0.25) is 20.0 Å². The second kappa shape index (κ2) is 6.78. The molecule has 0 aliphatic carbocycles. The molecule has 1 aromatic heterocycles. The quantitative estimate of drug-likeness (QED) is 0.939. The molecular weight excluding hydrogens is 317 g/mol. The number of hydrogen-bond acceptors (Lipinski definition) is 4. The highest BCUT2D eigenvalue weighted by Gasteiger charge is 2.31. The number of pyridine rings is 1. The summed E-state index contributed by atoms with van der Waals surface area (Å²) in [6.45, 7) is 0. The number of hydrogen-bond donors (Lipinski definition) is 1. The normalized spacial score (nSPS) is 17.9. The zero-order chi connectivity index (χ0) is 16.2. The van der Waals surface area contributed by atoms with Gasteiger partial charge in [0.05, 0.1) is 0 Å². The second-order valence-electron chi connectivity index (χ2n) is 4.97. The summed E-state index contributed by atoms with van der Waals surface area (Å²) in [6, 6.07) is 9.08. The third kappa shape index (κ3) is 3.50. The van der Waals surface area contributed by atoms with Crippen molar-refractivity contribution in [2.75, 3.05) is 5.75 Å². The van der Waals surface area contributed by atoms with Crippen molar-refractivity contribution in [3.05, 3.63) is 65.7 Å². The molecule has 0 spiro atoms. The van der Waals surface area contributed by atoms with Crippen molar-refractivity contribution in [3.8, 4) is 0 Å². The zero-order valence-corrected chi connectivity index (χ0v) is 12.9. The molecule has 0 radical (unpaired) electrons. The Balaban J connectivity index is 1.82. The third-order valence-electron chi connectivity index (χ3n) is 3.41. The number of aromatic nitrogens is 1. The van der Waals surface area contributed by atoms with Gasteiger partial charge in [0.15, 0.2) is 0 Å². The highest BCUT2D eigenvalue weighted by Crippen LogP contribution is 2.36. The summed E-state index contributed by atoms with van der Waals surface area (Å²) in [4.78, 5) is 28.4. The Hall–Kier alpha value is -2.41. The molecule has 0 saturated carbocycles. The molecule has 5 nitrogen and oxygen atoms in total. The lowest BCUT2D eigenvalue weighted by Gasteiger charge is -2.35. The number of thioether (sulfide) groups is 1. The van der Waals surface area contributed by atoms with Crippen molar-refractivity contribution in [3.63, 3.8) is 0 Å². The molecule has 1 N–H and O–H groups in total. The van der Waals surface area contributed by atoms with Gasteiger partial charge < -0.3 is 0 Å². The molecule has 1 aliphatic rings. The summed E-state index contributed by atoms with van der Waals surface area (Å²) in [5.41, 5.74) is 3.83. The number of carbonyl (C=O) groups is 2. The molecule has 3 rings (SSSR count). The fourth-order valence-corrected chi connectivity index (χ4v) is 3.44. The van der Waals surface area contributed by atoms with Crippen LogP contribution in [0.25, 0.3) is 0 Å². The number of rotatable bonds is 3. The van der Waals surface area contributed by atoms with Gasteiger partial charge >= 0.3 is 0 Å². The molecule has 2 aromatic rings. The van der Waals surface area contributed by atoms with Crippen LogP contribution in [0, 0.1) is 5.82 Å². The van der Waals surface area contributed by atoms with E-state index in [1.165, 1.54) is 41.3 Å². The van der Waals surface area contributed by atoms with E-state index in [0.717, 1.165) is 5.56 Å². The van der Waals surface area contributed by atoms with Crippen molar-refractivity contribution in [2.24, 2.45) is 0 Å². The first kappa shape index (κ1) is 15.5. The predicted octanol–water partition coefficient (Wildman–Crippen LogP) is 2.53. The third-order valence-corrected chi connectivity index (χ3v) is 4.65.